The number of nitrogens with zero attached hydrogens (tertiary/aromatic N) is 2. The van der Waals surface area contributed by atoms with Crippen molar-refractivity contribution < 1.29 is 4.79 Å². The van der Waals surface area contributed by atoms with Crippen molar-refractivity contribution in [3.63, 3.8) is 0 Å². The van der Waals surface area contributed by atoms with E-state index in [1.54, 1.807) is 6.20 Å². The Morgan fingerprint density at radius 1 is 1.38 bits per heavy atom. The molecule has 0 aromatic carbocycles. The van der Waals surface area contributed by atoms with E-state index in [2.05, 4.69) is 27.5 Å². The maximum Gasteiger partial charge on any atom is 0.272 e. The SMILES string of the molecule is CCCNc1cnc(C(C)C)nc1C(=O)NC1CCCC1. The van der Waals surface area contributed by atoms with Crippen LogP contribution in [-0.4, -0.2) is 28.5 Å². The first-order valence-electron chi connectivity index (χ1n) is 8.03. The number of nitrogens with one attached hydrogen (secondary N) is 2. The third-order valence-corrected chi connectivity index (χ3v) is 3.79. The summed E-state index contributed by atoms with van der Waals surface area (Å²) in [6, 6.07) is 0.300. The number of carbonyl (C=O) groups is 1. The summed E-state index contributed by atoms with van der Waals surface area (Å²) < 4.78 is 0. The number of amides is 1. The average Bonchev–Trinajstić information content (AvgIpc) is 2.97. The maximum absolute atomic E-state index is 12.5. The van der Waals surface area contributed by atoms with Gasteiger partial charge in [0.1, 0.15) is 5.82 Å². The van der Waals surface area contributed by atoms with Crippen molar-refractivity contribution in [1.29, 1.82) is 0 Å². The van der Waals surface area contributed by atoms with Crippen LogP contribution >= 0.6 is 0 Å². The number of rotatable bonds is 6. The molecule has 0 atom stereocenters. The second kappa shape index (κ2) is 7.38. The minimum absolute atomic E-state index is 0.0789. The summed E-state index contributed by atoms with van der Waals surface area (Å²) >= 11 is 0. The highest BCUT2D eigenvalue weighted by Crippen LogP contribution is 2.20. The fraction of sp³-hybridized carbons (Fsp3) is 0.688. The van der Waals surface area contributed by atoms with Crippen molar-refractivity contribution in [2.45, 2.75) is 64.8 Å². The van der Waals surface area contributed by atoms with Gasteiger partial charge in [0.2, 0.25) is 0 Å². The first-order valence-corrected chi connectivity index (χ1v) is 8.03. The lowest BCUT2D eigenvalue weighted by Gasteiger charge is -2.15. The van der Waals surface area contributed by atoms with Gasteiger partial charge in [-0.25, -0.2) is 9.97 Å². The number of hydrogen-bond donors (Lipinski definition) is 2. The summed E-state index contributed by atoms with van der Waals surface area (Å²) in [5.74, 6) is 0.849. The van der Waals surface area contributed by atoms with Gasteiger partial charge < -0.3 is 10.6 Å². The predicted octanol–water partition coefficient (Wildman–Crippen LogP) is 3.09. The van der Waals surface area contributed by atoms with Gasteiger partial charge in [0.25, 0.3) is 5.91 Å². The Balaban J connectivity index is 2.19. The second-order valence-electron chi connectivity index (χ2n) is 6.03. The normalized spacial score (nSPS) is 15.4. The van der Waals surface area contributed by atoms with Crippen LogP contribution in [0.1, 0.15) is 75.1 Å². The average molecular weight is 290 g/mol. The van der Waals surface area contributed by atoms with Gasteiger partial charge in [0.15, 0.2) is 5.69 Å². The summed E-state index contributed by atoms with van der Waals surface area (Å²) in [4.78, 5) is 21.4. The molecule has 0 unspecified atom stereocenters. The third-order valence-electron chi connectivity index (χ3n) is 3.79. The third kappa shape index (κ3) is 4.16. The molecule has 116 valence electrons. The van der Waals surface area contributed by atoms with Crippen LogP contribution < -0.4 is 10.6 Å². The Morgan fingerprint density at radius 3 is 2.71 bits per heavy atom. The standard InChI is InChI=1S/C16H26N4O/c1-4-9-17-13-10-18-15(11(2)3)20-14(13)16(21)19-12-7-5-6-8-12/h10-12,17H,4-9H2,1-3H3,(H,19,21). The molecular formula is C16H26N4O. The lowest BCUT2D eigenvalue weighted by Crippen LogP contribution is -2.34. The fourth-order valence-corrected chi connectivity index (χ4v) is 2.56. The van der Waals surface area contributed by atoms with Gasteiger partial charge in [-0.05, 0) is 19.3 Å². The van der Waals surface area contributed by atoms with E-state index in [0.29, 0.717) is 17.6 Å². The topological polar surface area (TPSA) is 66.9 Å². The lowest BCUT2D eigenvalue weighted by atomic mass is 10.2. The molecule has 0 spiro atoms. The highest BCUT2D eigenvalue weighted by molar-refractivity contribution is 5.97. The van der Waals surface area contributed by atoms with Gasteiger partial charge in [0, 0.05) is 18.5 Å². The van der Waals surface area contributed by atoms with Gasteiger partial charge in [-0.3, -0.25) is 4.79 Å². The van der Waals surface area contributed by atoms with Gasteiger partial charge in [-0.2, -0.15) is 0 Å². The Morgan fingerprint density at radius 2 is 2.10 bits per heavy atom. The molecule has 21 heavy (non-hydrogen) atoms. The van der Waals surface area contributed by atoms with Crippen LogP contribution in [0.4, 0.5) is 5.69 Å². The molecule has 0 bridgehead atoms. The minimum Gasteiger partial charge on any atom is -0.382 e. The molecule has 1 amide bonds. The van der Waals surface area contributed by atoms with Crippen LogP contribution in [0.5, 0.6) is 0 Å². The summed E-state index contributed by atoms with van der Waals surface area (Å²) in [7, 11) is 0. The second-order valence-corrected chi connectivity index (χ2v) is 6.03. The Bertz CT molecular complexity index is 481. The van der Waals surface area contributed by atoms with E-state index < -0.39 is 0 Å². The Kier molecular flexibility index (Phi) is 5.53. The molecule has 1 heterocycles. The molecule has 0 aliphatic heterocycles. The van der Waals surface area contributed by atoms with E-state index in [1.807, 2.05) is 13.8 Å². The summed E-state index contributed by atoms with van der Waals surface area (Å²) in [5, 5.41) is 6.36. The zero-order valence-corrected chi connectivity index (χ0v) is 13.3. The quantitative estimate of drug-likeness (QED) is 0.845. The van der Waals surface area contributed by atoms with Crippen molar-refractivity contribution >= 4 is 11.6 Å². The first kappa shape index (κ1) is 15.7. The molecule has 0 saturated heterocycles. The smallest absolute Gasteiger partial charge is 0.272 e. The highest BCUT2D eigenvalue weighted by Gasteiger charge is 2.21. The van der Waals surface area contributed by atoms with Crippen molar-refractivity contribution in [3.05, 3.63) is 17.7 Å². The van der Waals surface area contributed by atoms with Crippen LogP contribution in [0, 0.1) is 0 Å². The van der Waals surface area contributed by atoms with Gasteiger partial charge >= 0.3 is 0 Å². The highest BCUT2D eigenvalue weighted by atomic mass is 16.2. The summed E-state index contributed by atoms with van der Waals surface area (Å²) in [6.07, 6.45) is 7.29. The van der Waals surface area contributed by atoms with Crippen LogP contribution in [0.3, 0.4) is 0 Å². The Labute approximate surface area is 127 Å². The summed E-state index contributed by atoms with van der Waals surface area (Å²) in [6.45, 7) is 6.98. The van der Waals surface area contributed by atoms with E-state index in [-0.39, 0.29) is 11.8 Å². The largest absolute Gasteiger partial charge is 0.382 e. The monoisotopic (exact) mass is 290 g/mol. The molecule has 1 aromatic heterocycles. The molecule has 0 radical (unpaired) electrons. The number of aromatic nitrogens is 2. The first-order chi connectivity index (χ1) is 10.1. The predicted molar refractivity (Wildman–Crippen MR) is 84.6 cm³/mol. The van der Waals surface area contributed by atoms with Crippen LogP contribution in [0.2, 0.25) is 0 Å². The van der Waals surface area contributed by atoms with E-state index in [9.17, 15) is 4.79 Å². The zero-order valence-electron chi connectivity index (χ0n) is 13.3. The fourth-order valence-electron chi connectivity index (χ4n) is 2.56. The molecule has 5 nitrogen and oxygen atoms in total. The van der Waals surface area contributed by atoms with Crippen molar-refractivity contribution in [1.82, 2.24) is 15.3 Å². The number of hydrogen-bond acceptors (Lipinski definition) is 4. The summed E-state index contributed by atoms with van der Waals surface area (Å²) in [5.41, 5.74) is 1.21. The lowest BCUT2D eigenvalue weighted by molar-refractivity contribution is 0.0933. The van der Waals surface area contributed by atoms with E-state index in [0.717, 1.165) is 31.5 Å². The van der Waals surface area contributed by atoms with E-state index in [4.69, 9.17) is 0 Å². The van der Waals surface area contributed by atoms with E-state index in [1.165, 1.54) is 12.8 Å². The van der Waals surface area contributed by atoms with Crippen molar-refractivity contribution in [2.75, 3.05) is 11.9 Å². The molecular weight excluding hydrogens is 264 g/mol. The molecule has 2 rings (SSSR count). The number of anilines is 1. The van der Waals surface area contributed by atoms with Gasteiger partial charge in [0.05, 0.1) is 11.9 Å². The minimum atomic E-state index is -0.0789. The molecule has 1 aliphatic carbocycles. The van der Waals surface area contributed by atoms with Crippen molar-refractivity contribution in [2.24, 2.45) is 0 Å². The van der Waals surface area contributed by atoms with Crippen LogP contribution in [0.15, 0.2) is 6.20 Å². The zero-order chi connectivity index (χ0) is 15.2. The molecule has 1 fully saturated rings. The van der Waals surface area contributed by atoms with Gasteiger partial charge in [-0.1, -0.05) is 33.6 Å². The molecule has 1 aromatic rings. The molecule has 2 N–H and O–H groups in total. The van der Waals surface area contributed by atoms with Crippen molar-refractivity contribution in [3.8, 4) is 0 Å². The van der Waals surface area contributed by atoms with Gasteiger partial charge in [-0.15, -0.1) is 0 Å². The molecule has 1 aliphatic rings. The molecule has 1 saturated carbocycles. The van der Waals surface area contributed by atoms with Crippen LogP contribution in [0.25, 0.3) is 0 Å². The van der Waals surface area contributed by atoms with E-state index >= 15 is 0 Å². The number of carbonyl (C=O) groups excluding carboxylic acids is 1. The van der Waals surface area contributed by atoms with Crippen LogP contribution in [-0.2, 0) is 0 Å². The molecule has 5 heteroatoms. The maximum atomic E-state index is 12.5. The Hall–Kier alpha value is -1.65.